The van der Waals surface area contributed by atoms with Crippen LogP contribution in [0.15, 0.2) is 22.8 Å². The minimum atomic E-state index is 0. The van der Waals surface area contributed by atoms with Gasteiger partial charge in [0.25, 0.3) is 0 Å². The van der Waals surface area contributed by atoms with Crippen molar-refractivity contribution in [3.8, 4) is 0 Å². The van der Waals surface area contributed by atoms with Crippen LogP contribution >= 0.6 is 0 Å². The van der Waals surface area contributed by atoms with Crippen LogP contribution in [0.4, 0.5) is 0 Å². The van der Waals surface area contributed by atoms with Gasteiger partial charge in [-0.15, -0.1) is 6.07 Å². The van der Waals surface area contributed by atoms with Crippen molar-refractivity contribution in [2.45, 2.75) is 0 Å². The quantitative estimate of drug-likeness (QED) is 0.531. The SMILES string of the molecule is [Au].[C-]#N.[c-]1ccco1. The van der Waals surface area contributed by atoms with Crippen LogP contribution in [0.3, 0.4) is 0 Å². The molecule has 0 fully saturated rings. The van der Waals surface area contributed by atoms with Gasteiger partial charge in [0.1, 0.15) is 0 Å². The Labute approximate surface area is 63.6 Å². The van der Waals surface area contributed by atoms with Crippen LogP contribution in [-0.2, 0) is 22.4 Å². The van der Waals surface area contributed by atoms with Gasteiger partial charge in [-0.05, 0) is 6.26 Å². The van der Waals surface area contributed by atoms with Crippen molar-refractivity contribution in [1.29, 1.82) is 5.26 Å². The number of nitrogens with zero attached hydrogens (tertiary/aromatic N) is 1. The molecule has 1 heterocycles. The van der Waals surface area contributed by atoms with E-state index in [1.54, 1.807) is 18.4 Å². The Morgan fingerprint density at radius 3 is 2.25 bits per heavy atom. The molecule has 0 unspecified atom stereocenters. The Bertz CT molecular complexity index is 96.0. The molecule has 0 aliphatic rings. The molecule has 8 heavy (non-hydrogen) atoms. The van der Waals surface area contributed by atoms with Gasteiger partial charge < -0.3 is 16.3 Å². The van der Waals surface area contributed by atoms with Crippen LogP contribution in [0.5, 0.6) is 0 Å². The molecular weight excluding hydrogens is 287 g/mol. The molecule has 0 bridgehead atoms. The topological polar surface area (TPSA) is 36.9 Å². The van der Waals surface area contributed by atoms with Crippen LogP contribution < -0.4 is 0 Å². The molecule has 3 heteroatoms. The number of hydrogen-bond donors (Lipinski definition) is 0. The summed E-state index contributed by atoms with van der Waals surface area (Å²) in [7, 11) is 0. The van der Waals surface area contributed by atoms with Crippen LogP contribution in [0.2, 0.25) is 0 Å². The van der Waals surface area contributed by atoms with Gasteiger partial charge in [-0.3, -0.25) is 0 Å². The maximum absolute atomic E-state index is 6.25. The van der Waals surface area contributed by atoms with E-state index in [0.717, 1.165) is 0 Å². The molecule has 0 N–H and O–H groups in total. The van der Waals surface area contributed by atoms with E-state index in [0.29, 0.717) is 0 Å². The van der Waals surface area contributed by atoms with E-state index in [-0.39, 0.29) is 22.4 Å². The van der Waals surface area contributed by atoms with Crippen molar-refractivity contribution in [1.82, 2.24) is 0 Å². The molecule has 1 aromatic heterocycles. The number of furan rings is 1. The minimum Gasteiger partial charge on any atom is -0.599 e. The van der Waals surface area contributed by atoms with Gasteiger partial charge in [0.15, 0.2) is 0 Å². The zero-order valence-electron chi connectivity index (χ0n) is 3.89. The van der Waals surface area contributed by atoms with Crippen molar-refractivity contribution in [3.63, 3.8) is 0 Å². The van der Waals surface area contributed by atoms with Gasteiger partial charge in [0.05, 0.1) is 0 Å². The Hall–Kier alpha value is -0.490. The van der Waals surface area contributed by atoms with Gasteiger partial charge in [-0.1, -0.05) is 6.26 Å². The molecule has 47 valence electrons. The summed E-state index contributed by atoms with van der Waals surface area (Å²) >= 11 is 0. The summed E-state index contributed by atoms with van der Waals surface area (Å²) in [5.41, 5.74) is 0. The van der Waals surface area contributed by atoms with E-state index in [1.807, 2.05) is 0 Å². The first-order chi connectivity index (χ1) is 3.50. The summed E-state index contributed by atoms with van der Waals surface area (Å²) in [6, 6.07) is 3.49. The molecule has 1 radical (unpaired) electrons. The molecule has 0 spiro atoms. The number of hydrogen-bond acceptors (Lipinski definition) is 2. The molecule has 0 saturated heterocycles. The monoisotopic (exact) mass is 290 g/mol. The Morgan fingerprint density at radius 1 is 1.50 bits per heavy atom. The maximum Gasteiger partial charge on any atom is 0 e. The van der Waals surface area contributed by atoms with Crippen LogP contribution in [0, 0.1) is 18.1 Å². The van der Waals surface area contributed by atoms with E-state index in [9.17, 15) is 0 Å². The molecule has 1 aromatic rings. The first-order valence-electron chi connectivity index (χ1n) is 1.62. The predicted octanol–water partition coefficient (Wildman–Crippen LogP) is 1.17. The number of rotatable bonds is 0. The summed E-state index contributed by atoms with van der Waals surface area (Å²) < 4.78 is 4.46. The second-order valence-electron chi connectivity index (χ2n) is 0.731. The van der Waals surface area contributed by atoms with Crippen molar-refractivity contribution in [2.24, 2.45) is 0 Å². The Kier molecular flexibility index (Phi) is 12.7. The summed E-state index contributed by atoms with van der Waals surface area (Å²) in [6.07, 6.45) is 4.06. The molecule has 0 amide bonds. The van der Waals surface area contributed by atoms with E-state index >= 15 is 0 Å². The summed E-state index contributed by atoms with van der Waals surface area (Å²) in [5.74, 6) is 0. The molecule has 1 rings (SSSR count). The second kappa shape index (κ2) is 9.72. The standard InChI is InChI=1S/C4H3O.CN.Au/c1-2-4-5-3-1;1-2;/h1-3H;;/q2*-1;. The van der Waals surface area contributed by atoms with E-state index in [1.165, 1.54) is 0 Å². The summed E-state index contributed by atoms with van der Waals surface area (Å²) in [4.78, 5) is 0. The third kappa shape index (κ3) is 5.51. The molecule has 2 nitrogen and oxygen atoms in total. The first kappa shape index (κ1) is 10.5. The Balaban J connectivity index is 0. The second-order valence-corrected chi connectivity index (χ2v) is 0.731. The summed E-state index contributed by atoms with van der Waals surface area (Å²) in [6.45, 7) is 4.75. The average molecular weight is 290 g/mol. The smallest absolute Gasteiger partial charge is 0 e. The van der Waals surface area contributed by atoms with E-state index in [4.69, 9.17) is 11.8 Å². The van der Waals surface area contributed by atoms with Gasteiger partial charge >= 0.3 is 0 Å². The normalized spacial score (nSPS) is 5.25. The first-order valence-corrected chi connectivity index (χ1v) is 1.62. The average Bonchev–Trinajstić information content (AvgIpc) is 2.23. The maximum atomic E-state index is 6.25. The fourth-order valence-electron chi connectivity index (χ4n) is 0.196. The molecule has 0 saturated carbocycles. The van der Waals surface area contributed by atoms with Crippen molar-refractivity contribution in [3.05, 3.63) is 31.2 Å². The van der Waals surface area contributed by atoms with Crippen molar-refractivity contribution in [2.75, 3.05) is 0 Å². The summed E-state index contributed by atoms with van der Waals surface area (Å²) in [5, 5.41) is 6.25. The third-order valence-electron chi connectivity index (χ3n) is 0.379. The Morgan fingerprint density at radius 2 is 2.12 bits per heavy atom. The van der Waals surface area contributed by atoms with Gasteiger partial charge in [0.2, 0.25) is 0 Å². The van der Waals surface area contributed by atoms with E-state index < -0.39 is 0 Å². The van der Waals surface area contributed by atoms with E-state index in [2.05, 4.69) is 10.7 Å². The molecule has 0 aliphatic carbocycles. The molecule has 0 aliphatic heterocycles. The fraction of sp³-hybridized carbons (Fsp3) is 0. The van der Waals surface area contributed by atoms with Gasteiger partial charge in [0, 0.05) is 22.4 Å². The van der Waals surface area contributed by atoms with Crippen molar-refractivity contribution < 1.29 is 26.8 Å². The zero-order chi connectivity index (χ0) is 5.54. The van der Waals surface area contributed by atoms with Crippen LogP contribution in [0.1, 0.15) is 0 Å². The van der Waals surface area contributed by atoms with Crippen molar-refractivity contribution >= 4 is 0 Å². The fourth-order valence-corrected chi connectivity index (χ4v) is 0.196. The molecule has 0 aromatic carbocycles. The molecule has 0 atom stereocenters. The van der Waals surface area contributed by atoms with Crippen LogP contribution in [0.25, 0.3) is 0 Å². The predicted molar refractivity (Wildman–Crippen MR) is 22.5 cm³/mol. The zero-order valence-corrected chi connectivity index (χ0v) is 6.06. The molecular formula is C5H3AuNO-2. The van der Waals surface area contributed by atoms with Gasteiger partial charge in [-0.25, -0.2) is 0 Å². The largest absolute Gasteiger partial charge is 0.599 e. The van der Waals surface area contributed by atoms with Gasteiger partial charge in [-0.2, -0.15) is 6.07 Å². The minimum absolute atomic E-state index is 0. The van der Waals surface area contributed by atoms with Crippen LogP contribution in [-0.4, -0.2) is 0 Å². The third-order valence-corrected chi connectivity index (χ3v) is 0.379.